The van der Waals surface area contributed by atoms with Crippen LogP contribution in [0.5, 0.6) is 0 Å². The van der Waals surface area contributed by atoms with E-state index in [0.29, 0.717) is 107 Å². The van der Waals surface area contributed by atoms with E-state index in [4.69, 9.17) is 15.2 Å². The molecule has 8 heteroatoms. The molecule has 76 heavy (non-hydrogen) atoms. The Kier molecular flexibility index (Phi) is 10.2. The quantitative estimate of drug-likeness (QED) is 0.222. The van der Waals surface area contributed by atoms with Gasteiger partial charge in [0.2, 0.25) is 0 Å². The van der Waals surface area contributed by atoms with Gasteiger partial charge in [0.1, 0.15) is 11.2 Å². The third-order valence-electron chi connectivity index (χ3n) is 27.8. The number of hydrogen-bond acceptors (Lipinski definition) is 8. The average molecular weight is 1030 g/mol. The zero-order chi connectivity index (χ0) is 50.7. The molecule has 1 unspecified atom stereocenters. The van der Waals surface area contributed by atoms with Crippen LogP contribution >= 0.6 is 0 Å². The van der Waals surface area contributed by atoms with Crippen molar-refractivity contribution < 1.29 is 24.2 Å². The fraction of sp³-hybridized carbons (Fsp3) is 0.765. The largest absolute Gasteiger partial charge is 0.509 e. The van der Waals surface area contributed by atoms with Crippen LogP contribution in [-0.2, 0) is 26.3 Å². The van der Waals surface area contributed by atoms with Gasteiger partial charge in [-0.2, -0.15) is 0 Å². The van der Waals surface area contributed by atoms with Gasteiger partial charge in [-0.05, 0) is 210 Å². The summed E-state index contributed by atoms with van der Waals surface area (Å²) in [7, 11) is 0. The molecule has 9 aliphatic heterocycles. The molecule has 6 spiro atoms. The van der Waals surface area contributed by atoms with Crippen molar-refractivity contribution in [3.63, 3.8) is 0 Å². The summed E-state index contributed by atoms with van der Waals surface area (Å²) in [5.74, 6) is 4.16. The summed E-state index contributed by atoms with van der Waals surface area (Å²) in [5.41, 5.74) is 13.3. The maximum Gasteiger partial charge on any atom is 0.339 e. The van der Waals surface area contributed by atoms with Gasteiger partial charge in [0.05, 0.1) is 11.0 Å². The number of aliphatic hydroxyl groups is 1. The number of nitrogens with two attached hydrogens (primary N) is 1. The molecular weight excluding hydrogens is 939 g/mol. The Balaban J connectivity index is 0.917. The summed E-state index contributed by atoms with van der Waals surface area (Å²) in [5, 5.41) is 14.1. The number of carbonyl (C=O) groups is 2. The number of aliphatic hydroxyl groups excluding tert-OH is 1. The topological polar surface area (TPSA) is 105 Å². The average Bonchev–Trinajstić information content (AvgIpc) is 1.92. The predicted octanol–water partition coefficient (Wildman–Crippen LogP) is 13.6. The predicted molar refractivity (Wildman–Crippen MR) is 293 cm³/mol. The number of carbonyl (C=O) groups excluding carboxylic acids is 2. The Labute approximate surface area is 453 Å². The SMILES string of the molecule is C[C@H]1CC2=C3[C@H]4C5=C6[C@@H](/C=C\[C@@H](C7CCCCC7)C[C@H]7[C@]68C(=O)O/C(=C(/O)C[C@@H]([C@@H]6CC9(CCCC9)[C@@]9(CCCC9%10CCCC%10)C6)N6C[C@H]9C[C@@H](C6)[C@H](CC2)N3C9)[C@@]8(CC5)[C@]72OC(=O)c3c(CCCN)cccc32)C[C@@H]41. The zero-order valence-corrected chi connectivity index (χ0v) is 46.2. The Hall–Kier alpha value is -3.36. The van der Waals surface area contributed by atoms with E-state index in [2.05, 4.69) is 47.1 Å². The molecule has 0 aromatic heterocycles. The van der Waals surface area contributed by atoms with Gasteiger partial charge in [0.15, 0.2) is 11.4 Å². The molecule has 20 rings (SSSR count). The molecule has 9 fully saturated rings. The first-order chi connectivity index (χ1) is 37.1. The molecule has 0 amide bonds. The lowest BCUT2D eigenvalue weighted by Crippen LogP contribution is -2.78. The number of allylic oxidation sites excluding steroid dienone is 4. The maximum absolute atomic E-state index is 16.7. The molecule has 0 radical (unpaired) electrons. The van der Waals surface area contributed by atoms with Crippen molar-refractivity contribution in [2.24, 2.45) is 92.0 Å². The Morgan fingerprint density at radius 2 is 1.59 bits per heavy atom. The second kappa shape index (κ2) is 16.4. The minimum Gasteiger partial charge on any atom is -0.509 e. The van der Waals surface area contributed by atoms with Crippen molar-refractivity contribution in [3.05, 3.63) is 81.0 Å². The molecule has 3 N–H and O–H groups in total. The number of rotatable bonds is 5. The molecule has 12 bridgehead atoms. The first kappa shape index (κ1) is 47.4. The van der Waals surface area contributed by atoms with Crippen LogP contribution in [0.25, 0.3) is 0 Å². The normalized spacial score (nSPS) is 48.0. The third-order valence-corrected chi connectivity index (χ3v) is 27.8. The molecule has 8 nitrogen and oxygen atoms in total. The third kappa shape index (κ3) is 5.59. The number of hydrogen-bond donors (Lipinski definition) is 2. The van der Waals surface area contributed by atoms with Crippen LogP contribution in [0.2, 0.25) is 0 Å². The fourth-order valence-corrected chi connectivity index (χ4v) is 25.8. The van der Waals surface area contributed by atoms with Gasteiger partial charge in [0.25, 0.3) is 0 Å². The molecule has 19 aliphatic rings. The van der Waals surface area contributed by atoms with E-state index >= 15 is 9.59 Å². The number of ether oxygens (including phenoxy) is 2. The number of piperidine rings is 2. The van der Waals surface area contributed by atoms with Gasteiger partial charge in [-0.1, -0.05) is 99.8 Å². The molecule has 6 saturated carbocycles. The van der Waals surface area contributed by atoms with E-state index in [1.54, 1.807) is 16.8 Å². The fourth-order valence-electron chi connectivity index (χ4n) is 25.8. The van der Waals surface area contributed by atoms with Gasteiger partial charge >= 0.3 is 11.9 Å². The molecular formula is C68H89N3O5. The van der Waals surface area contributed by atoms with Crippen molar-refractivity contribution in [3.8, 4) is 0 Å². The highest BCUT2D eigenvalue weighted by molar-refractivity contribution is 6.00. The number of esters is 2. The Bertz CT molecular complexity index is 2800. The minimum atomic E-state index is -1.14. The van der Waals surface area contributed by atoms with Crippen molar-refractivity contribution >= 4 is 11.9 Å². The van der Waals surface area contributed by atoms with Crippen LogP contribution in [0, 0.1) is 86.3 Å². The molecule has 10 aliphatic carbocycles. The highest BCUT2D eigenvalue weighted by Gasteiger charge is 2.94. The number of fused-ring (bicyclic) bond motifs is 5. The van der Waals surface area contributed by atoms with Gasteiger partial charge in [-0.25, -0.2) is 4.79 Å². The van der Waals surface area contributed by atoms with E-state index in [0.717, 1.165) is 56.4 Å². The number of nitrogens with zero attached hydrogens (tertiary/aromatic N) is 2. The molecule has 1 aromatic rings. The van der Waals surface area contributed by atoms with Crippen molar-refractivity contribution in [1.29, 1.82) is 0 Å². The Morgan fingerprint density at radius 1 is 0.776 bits per heavy atom. The van der Waals surface area contributed by atoms with Crippen LogP contribution in [-0.4, -0.2) is 65.1 Å². The summed E-state index contributed by atoms with van der Waals surface area (Å²) in [6.45, 7) is 6.50. The van der Waals surface area contributed by atoms with Crippen LogP contribution in [0.15, 0.2) is 64.3 Å². The van der Waals surface area contributed by atoms with Crippen molar-refractivity contribution in [2.45, 2.75) is 211 Å². The zero-order valence-electron chi connectivity index (χ0n) is 46.2. The summed E-state index contributed by atoms with van der Waals surface area (Å²) in [6.07, 6.45) is 40.0. The van der Waals surface area contributed by atoms with Crippen molar-refractivity contribution in [2.75, 3.05) is 26.2 Å². The van der Waals surface area contributed by atoms with Crippen LogP contribution in [0.3, 0.4) is 0 Å². The van der Waals surface area contributed by atoms with E-state index in [9.17, 15) is 5.11 Å². The van der Waals surface area contributed by atoms with Crippen molar-refractivity contribution in [1.82, 2.24) is 9.80 Å². The lowest BCUT2D eigenvalue weighted by molar-refractivity contribution is -0.282. The van der Waals surface area contributed by atoms with Gasteiger partial charge in [-0.15, -0.1) is 0 Å². The summed E-state index contributed by atoms with van der Waals surface area (Å²) in [6, 6.07) is 7.24. The second-order valence-corrected chi connectivity index (χ2v) is 30.0. The monoisotopic (exact) mass is 1030 g/mol. The summed E-state index contributed by atoms with van der Waals surface area (Å²) < 4.78 is 14.9. The second-order valence-electron chi connectivity index (χ2n) is 30.0. The van der Waals surface area contributed by atoms with Gasteiger partial charge in [-0.3, -0.25) is 9.69 Å². The number of benzene rings is 1. The minimum absolute atomic E-state index is 0.107. The van der Waals surface area contributed by atoms with E-state index in [1.165, 1.54) is 147 Å². The van der Waals surface area contributed by atoms with Gasteiger partial charge < -0.3 is 25.2 Å². The molecule has 16 atom stereocenters. The molecule has 3 saturated heterocycles. The van der Waals surface area contributed by atoms with E-state index < -0.39 is 16.4 Å². The van der Waals surface area contributed by atoms with E-state index in [1.807, 2.05) is 0 Å². The summed E-state index contributed by atoms with van der Waals surface area (Å²) >= 11 is 0. The smallest absolute Gasteiger partial charge is 0.339 e. The molecule has 9 heterocycles. The number of aryl methyl sites for hydroxylation is 1. The van der Waals surface area contributed by atoms with Crippen LogP contribution < -0.4 is 5.73 Å². The Morgan fingerprint density at radius 3 is 2.42 bits per heavy atom. The highest BCUT2D eigenvalue weighted by Crippen LogP contribution is 2.89. The maximum atomic E-state index is 16.7. The molecule has 1 aromatic carbocycles. The summed E-state index contributed by atoms with van der Waals surface area (Å²) in [4.78, 5) is 38.2. The van der Waals surface area contributed by atoms with Crippen LogP contribution in [0.4, 0.5) is 0 Å². The lowest BCUT2D eigenvalue weighted by atomic mass is 9.27. The van der Waals surface area contributed by atoms with E-state index in [-0.39, 0.29) is 35.7 Å². The highest BCUT2D eigenvalue weighted by atomic mass is 16.6. The van der Waals surface area contributed by atoms with Crippen LogP contribution in [0.1, 0.15) is 208 Å². The standard InChI is InChI=1S/C68H89N3O5/c1-40-30-46-19-20-52-47-31-41-37-70(39-47)53(48-35-64(24-7-8-25-64)65(36-48)27-11-26-63(65)22-5-6-23-63)34-54(72)60-66-28-21-49-57(59(46)71(52)38-41)50(40)32-45-18-17-44(42-12-3-2-4-13-42)33-55(67(66,58(45)49)62(74)75-60)68(66)51-16-9-14-43(15-10-29-69)56(51)61(73)76-68/h9,14,16-18,40-42,44-45,47-48,50,52-53,55,57,72H,2-8,10-13,15,19-39,69H2,1H3/b18-17-,60-54+/t40-,41+,44+,45-,47-,48+,50+,52-,53-,55-,57-,65-,66+,67+,68+/m0/s1. The lowest BCUT2D eigenvalue weighted by Gasteiger charge is -2.73. The van der Waals surface area contributed by atoms with Gasteiger partial charge in [0, 0.05) is 61.2 Å². The first-order valence-corrected chi connectivity index (χ1v) is 32.5. The molecule has 406 valence electrons. The first-order valence-electron chi connectivity index (χ1n) is 32.5.